The average molecular weight is 613 g/mol. The number of carbonyl (C=O) groups is 5. The number of esters is 1. The van der Waals surface area contributed by atoms with Gasteiger partial charge in [-0.25, -0.2) is 14.6 Å². The Labute approximate surface area is 258 Å². The third kappa shape index (κ3) is 9.29. The van der Waals surface area contributed by atoms with Crippen molar-refractivity contribution in [2.45, 2.75) is 89.6 Å². The minimum Gasteiger partial charge on any atom is -0.467 e. The molecule has 13 heteroatoms. The summed E-state index contributed by atoms with van der Waals surface area (Å²) in [5, 5.41) is 8.12. The van der Waals surface area contributed by atoms with Gasteiger partial charge in [-0.15, -0.1) is 0 Å². The number of hydrogen-bond donors (Lipinski definition) is 3. The topological polar surface area (TPSA) is 161 Å². The molecule has 0 saturated carbocycles. The molecule has 1 aromatic heterocycles. The van der Waals surface area contributed by atoms with Crippen molar-refractivity contribution < 1.29 is 33.4 Å². The van der Waals surface area contributed by atoms with E-state index in [1.54, 1.807) is 58.8 Å². The number of benzene rings is 1. The van der Waals surface area contributed by atoms with Crippen LogP contribution in [-0.2, 0) is 48.5 Å². The monoisotopic (exact) mass is 612 g/mol. The molecule has 0 aliphatic carbocycles. The summed E-state index contributed by atoms with van der Waals surface area (Å²) in [5.41, 5.74) is -0.706. The Kier molecular flexibility index (Phi) is 11.1. The summed E-state index contributed by atoms with van der Waals surface area (Å²) in [6, 6.07) is 6.36. The lowest BCUT2D eigenvalue weighted by Gasteiger charge is -2.34. The number of nitrogens with one attached hydrogen (secondary N) is 3. The molecule has 4 amide bonds. The first-order chi connectivity index (χ1) is 20.6. The van der Waals surface area contributed by atoms with Gasteiger partial charge in [0.25, 0.3) is 0 Å². The summed E-state index contributed by atoms with van der Waals surface area (Å²) in [5.74, 6) is -2.16. The Morgan fingerprint density at radius 2 is 1.68 bits per heavy atom. The average Bonchev–Trinajstić information content (AvgIpc) is 3.60. The molecule has 3 atom stereocenters. The van der Waals surface area contributed by atoms with E-state index in [2.05, 4.69) is 20.9 Å². The van der Waals surface area contributed by atoms with Crippen LogP contribution in [0, 0.1) is 0 Å². The summed E-state index contributed by atoms with van der Waals surface area (Å²) in [6.07, 6.45) is 3.66. The van der Waals surface area contributed by atoms with E-state index in [1.807, 2.05) is 30.3 Å². The molecule has 0 radical (unpaired) electrons. The maximum absolute atomic E-state index is 13.8. The number of carbonyl (C=O) groups excluding carboxylic acids is 5. The molecule has 0 spiro atoms. The molecule has 44 heavy (non-hydrogen) atoms. The maximum Gasteiger partial charge on any atom is 0.408 e. The van der Waals surface area contributed by atoms with Gasteiger partial charge in [-0.2, -0.15) is 0 Å². The Morgan fingerprint density at radius 3 is 2.27 bits per heavy atom. The lowest BCUT2D eigenvalue weighted by molar-refractivity contribution is -0.148. The molecule has 2 aromatic rings. The van der Waals surface area contributed by atoms with Crippen LogP contribution in [0.4, 0.5) is 4.79 Å². The van der Waals surface area contributed by atoms with Crippen molar-refractivity contribution in [2.75, 3.05) is 13.7 Å². The van der Waals surface area contributed by atoms with Crippen molar-refractivity contribution in [1.29, 1.82) is 0 Å². The van der Waals surface area contributed by atoms with E-state index < -0.39 is 59.0 Å². The fraction of sp³-hybridized carbons (Fsp3) is 0.548. The van der Waals surface area contributed by atoms with Gasteiger partial charge in [0.1, 0.15) is 29.3 Å². The van der Waals surface area contributed by atoms with Crippen LogP contribution >= 0.6 is 0 Å². The number of alkyl carbamates (subject to hydrolysis) is 1. The van der Waals surface area contributed by atoms with Crippen molar-refractivity contribution in [3.8, 4) is 0 Å². The van der Waals surface area contributed by atoms with Crippen LogP contribution in [0.5, 0.6) is 0 Å². The zero-order valence-electron chi connectivity index (χ0n) is 26.5. The predicted octanol–water partition coefficient (Wildman–Crippen LogP) is 1.64. The third-order valence-electron chi connectivity index (χ3n) is 7.21. The molecule has 1 aliphatic heterocycles. The normalized spacial score (nSPS) is 16.4. The number of methoxy groups -OCH3 is 1. The van der Waals surface area contributed by atoms with Crippen molar-refractivity contribution in [1.82, 2.24) is 30.4 Å². The second-order valence-corrected chi connectivity index (χ2v) is 12.4. The van der Waals surface area contributed by atoms with Crippen LogP contribution in [0.2, 0.25) is 0 Å². The van der Waals surface area contributed by atoms with Gasteiger partial charge in [-0.3, -0.25) is 14.4 Å². The van der Waals surface area contributed by atoms with Crippen LogP contribution < -0.4 is 16.0 Å². The van der Waals surface area contributed by atoms with Gasteiger partial charge >= 0.3 is 12.1 Å². The highest BCUT2D eigenvalue weighted by molar-refractivity contribution is 5.97. The molecule has 240 valence electrons. The van der Waals surface area contributed by atoms with Crippen LogP contribution in [0.15, 0.2) is 42.9 Å². The van der Waals surface area contributed by atoms with E-state index >= 15 is 0 Å². The number of rotatable bonds is 11. The first-order valence-electron chi connectivity index (χ1n) is 14.6. The van der Waals surface area contributed by atoms with E-state index in [9.17, 15) is 24.0 Å². The van der Waals surface area contributed by atoms with Crippen molar-refractivity contribution in [2.24, 2.45) is 7.05 Å². The number of nitrogens with zero attached hydrogens (tertiary/aromatic N) is 3. The number of ether oxygens (including phenoxy) is 2. The third-order valence-corrected chi connectivity index (χ3v) is 7.21. The molecule has 1 aromatic carbocycles. The van der Waals surface area contributed by atoms with Crippen LogP contribution in [0.1, 0.15) is 58.7 Å². The molecular formula is C31H44N6O7. The van der Waals surface area contributed by atoms with Crippen LogP contribution in [0.3, 0.4) is 0 Å². The number of imidazole rings is 1. The summed E-state index contributed by atoms with van der Waals surface area (Å²) in [6.45, 7) is 8.52. The number of aromatic nitrogens is 2. The highest BCUT2D eigenvalue weighted by Crippen LogP contribution is 2.22. The van der Waals surface area contributed by atoms with Crippen molar-refractivity contribution >= 4 is 29.8 Å². The van der Waals surface area contributed by atoms with Gasteiger partial charge in [0.05, 0.1) is 13.4 Å². The van der Waals surface area contributed by atoms with Crippen LogP contribution in [0.25, 0.3) is 0 Å². The Hall–Kier alpha value is -4.42. The first-order valence-corrected chi connectivity index (χ1v) is 14.6. The SMILES string of the molecule is COC(=O)[C@H](Cc1ccccc1)NC(=O)[C@H]1CCCN1C(=O)C(C)(C)NC(=O)[C@H](Cc1cncn1C)NC(=O)OC(C)(C)C. The van der Waals surface area contributed by atoms with Gasteiger partial charge in [0.2, 0.25) is 17.7 Å². The highest BCUT2D eigenvalue weighted by atomic mass is 16.6. The molecule has 3 rings (SSSR count). The van der Waals surface area contributed by atoms with Crippen LogP contribution in [-0.4, -0.2) is 87.2 Å². The summed E-state index contributed by atoms with van der Waals surface area (Å²) in [4.78, 5) is 71.4. The molecule has 0 bridgehead atoms. The molecule has 2 heterocycles. The Balaban J connectivity index is 1.73. The smallest absolute Gasteiger partial charge is 0.408 e. The molecule has 1 saturated heterocycles. The van der Waals surface area contributed by atoms with Crippen molar-refractivity contribution in [3.63, 3.8) is 0 Å². The Morgan fingerprint density at radius 1 is 1.00 bits per heavy atom. The second-order valence-electron chi connectivity index (χ2n) is 12.4. The van der Waals surface area contributed by atoms with Gasteiger partial charge in [0.15, 0.2) is 0 Å². The summed E-state index contributed by atoms with van der Waals surface area (Å²) < 4.78 is 12.0. The van der Waals surface area contributed by atoms with Crippen molar-refractivity contribution in [3.05, 3.63) is 54.1 Å². The standard InChI is InChI=1S/C31H44N6O7/c1-30(2,3)44-29(42)34-22(17-21-18-32-19-36(21)6)25(38)35-31(4,5)28(41)37-15-11-14-24(37)26(39)33-23(27(40)43-7)16-20-12-9-8-10-13-20/h8-10,12-13,18-19,22-24H,11,14-17H2,1-7H3,(H,33,39)(H,34,42)(H,35,38)/t22-,23-,24+/m0/s1. The minimum absolute atomic E-state index is 0.0942. The number of aryl methyl sites for hydroxylation is 1. The Bertz CT molecular complexity index is 1330. The first kappa shape index (κ1) is 34.1. The zero-order chi connectivity index (χ0) is 32.7. The predicted molar refractivity (Wildman–Crippen MR) is 161 cm³/mol. The number of amides is 4. The molecule has 3 N–H and O–H groups in total. The lowest BCUT2D eigenvalue weighted by Crippen LogP contribution is -2.62. The fourth-order valence-electron chi connectivity index (χ4n) is 4.99. The summed E-state index contributed by atoms with van der Waals surface area (Å²) >= 11 is 0. The van der Waals surface area contributed by atoms with E-state index in [1.165, 1.54) is 12.0 Å². The molecule has 13 nitrogen and oxygen atoms in total. The molecule has 0 unspecified atom stereocenters. The van der Waals surface area contributed by atoms with E-state index in [-0.39, 0.29) is 12.8 Å². The van der Waals surface area contributed by atoms with Gasteiger partial charge < -0.3 is 34.9 Å². The van der Waals surface area contributed by atoms with E-state index in [0.717, 1.165) is 5.56 Å². The lowest BCUT2D eigenvalue weighted by atomic mass is 10.0. The highest BCUT2D eigenvalue weighted by Gasteiger charge is 2.43. The maximum atomic E-state index is 13.8. The fourth-order valence-corrected chi connectivity index (χ4v) is 4.99. The zero-order valence-corrected chi connectivity index (χ0v) is 26.5. The summed E-state index contributed by atoms with van der Waals surface area (Å²) in [7, 11) is 3.02. The van der Waals surface area contributed by atoms with E-state index in [0.29, 0.717) is 25.1 Å². The largest absolute Gasteiger partial charge is 0.467 e. The molecular weight excluding hydrogens is 568 g/mol. The number of likely N-dealkylation sites (tertiary alicyclic amines) is 1. The minimum atomic E-state index is -1.44. The molecule has 1 aliphatic rings. The van der Waals surface area contributed by atoms with Gasteiger partial charge in [-0.05, 0) is 53.0 Å². The molecule has 1 fully saturated rings. The quantitative estimate of drug-likeness (QED) is 0.323. The van der Waals surface area contributed by atoms with E-state index in [4.69, 9.17) is 9.47 Å². The van der Waals surface area contributed by atoms with Gasteiger partial charge in [0, 0.05) is 38.3 Å². The second kappa shape index (κ2) is 14.4. The number of hydrogen-bond acceptors (Lipinski definition) is 8. The van der Waals surface area contributed by atoms with Gasteiger partial charge in [-0.1, -0.05) is 30.3 Å².